The number of aromatic nitrogens is 1. The van der Waals surface area contributed by atoms with Gasteiger partial charge < -0.3 is 14.8 Å². The summed E-state index contributed by atoms with van der Waals surface area (Å²) in [4.78, 5) is 14.8. The van der Waals surface area contributed by atoms with E-state index in [0.29, 0.717) is 33.6 Å². The lowest BCUT2D eigenvalue weighted by Gasteiger charge is -2.13. The van der Waals surface area contributed by atoms with Gasteiger partial charge in [0.05, 0.1) is 17.6 Å². The second-order valence-electron chi connectivity index (χ2n) is 6.92. The van der Waals surface area contributed by atoms with Crippen LogP contribution >= 0.6 is 22.6 Å². The highest BCUT2D eigenvalue weighted by Crippen LogP contribution is 2.31. The molecule has 0 unspecified atom stereocenters. The third-order valence-electron chi connectivity index (χ3n) is 4.64. The number of anilines is 1. The molecule has 3 aromatic rings. The molecule has 0 aliphatic heterocycles. The van der Waals surface area contributed by atoms with Gasteiger partial charge in [-0.3, -0.25) is 10.1 Å². The van der Waals surface area contributed by atoms with Crippen molar-refractivity contribution in [3.63, 3.8) is 0 Å². The van der Waals surface area contributed by atoms with Crippen molar-refractivity contribution in [1.29, 1.82) is 0 Å². The highest BCUT2D eigenvalue weighted by molar-refractivity contribution is 14.1. The van der Waals surface area contributed by atoms with Crippen LogP contribution in [-0.4, -0.2) is 23.6 Å². The molecule has 1 heterocycles. The van der Waals surface area contributed by atoms with Crippen molar-refractivity contribution < 1.29 is 27.6 Å². The minimum absolute atomic E-state index is 0.0809. The number of nitro groups is 1. The van der Waals surface area contributed by atoms with Crippen LogP contribution in [0.2, 0.25) is 0 Å². The van der Waals surface area contributed by atoms with E-state index in [0.717, 1.165) is 17.7 Å². The van der Waals surface area contributed by atoms with E-state index in [-0.39, 0.29) is 18.1 Å². The predicted molar refractivity (Wildman–Crippen MR) is 125 cm³/mol. The zero-order chi connectivity index (χ0) is 24.0. The molecule has 0 amide bonds. The van der Waals surface area contributed by atoms with Gasteiger partial charge >= 0.3 is 11.9 Å². The Morgan fingerprint density at radius 2 is 1.79 bits per heavy atom. The number of pyridine rings is 1. The average Bonchev–Trinajstić information content (AvgIpc) is 2.78. The van der Waals surface area contributed by atoms with E-state index < -0.39 is 16.7 Å². The Bertz CT molecular complexity index is 1120. The quantitative estimate of drug-likeness (QED) is 0.196. The Kier molecular flexibility index (Phi) is 7.95. The second-order valence-corrected chi connectivity index (χ2v) is 8.17. The molecule has 33 heavy (non-hydrogen) atoms. The van der Waals surface area contributed by atoms with E-state index in [1.807, 2.05) is 28.7 Å². The van der Waals surface area contributed by atoms with Crippen molar-refractivity contribution in [3.05, 3.63) is 85.1 Å². The predicted octanol–water partition coefficient (Wildman–Crippen LogP) is 5.86. The Morgan fingerprint density at radius 1 is 1.09 bits per heavy atom. The van der Waals surface area contributed by atoms with Crippen molar-refractivity contribution in [2.75, 3.05) is 19.0 Å². The molecular weight excluding hydrogens is 554 g/mol. The molecule has 0 fully saturated rings. The van der Waals surface area contributed by atoms with Crippen molar-refractivity contribution in [2.45, 2.75) is 19.2 Å². The molecule has 0 aliphatic rings. The zero-order valence-electron chi connectivity index (χ0n) is 17.4. The monoisotopic (exact) mass is 573 g/mol. The van der Waals surface area contributed by atoms with Crippen molar-refractivity contribution >= 4 is 34.1 Å². The fraction of sp³-hybridized carbons (Fsp3) is 0.227. The Balaban J connectivity index is 1.60. The first kappa shape index (κ1) is 24.6. The summed E-state index contributed by atoms with van der Waals surface area (Å²) in [6, 6.07) is 11.5. The molecular formula is C22H19F3IN3O4. The number of benzene rings is 2. The molecule has 0 saturated carbocycles. The maximum atomic E-state index is 12.7. The standard InChI is InChI=1S/C22H19F3IN3O4/c1-32-20-10-14(8-9-27-21-18(29(30)31)11-17(26)12-28-21)4-7-19(20)33-13-15-2-5-16(6-3-15)22(23,24)25/h2-7,10-12H,8-9,13H2,1H3,(H,27,28). The summed E-state index contributed by atoms with van der Waals surface area (Å²) < 4.78 is 49.8. The number of methoxy groups -OCH3 is 1. The van der Waals surface area contributed by atoms with Crippen LogP contribution < -0.4 is 14.8 Å². The maximum Gasteiger partial charge on any atom is 0.416 e. The summed E-state index contributed by atoms with van der Waals surface area (Å²) in [6.45, 7) is 0.487. The fourth-order valence-corrected chi connectivity index (χ4v) is 3.40. The summed E-state index contributed by atoms with van der Waals surface area (Å²) in [5.74, 6) is 1.12. The molecule has 0 saturated heterocycles. The second kappa shape index (κ2) is 10.7. The Labute approximate surface area is 201 Å². The largest absolute Gasteiger partial charge is 0.493 e. The maximum absolute atomic E-state index is 12.7. The number of nitrogens with zero attached hydrogens (tertiary/aromatic N) is 2. The van der Waals surface area contributed by atoms with Gasteiger partial charge in [0, 0.05) is 22.4 Å². The van der Waals surface area contributed by atoms with E-state index in [1.165, 1.54) is 25.3 Å². The SMILES string of the molecule is COc1cc(CCNc2ncc(I)cc2[N+](=O)[O-])ccc1OCc1ccc(C(F)(F)F)cc1. The molecule has 0 atom stereocenters. The van der Waals surface area contributed by atoms with Gasteiger partial charge in [0.2, 0.25) is 5.82 Å². The molecule has 0 radical (unpaired) electrons. The highest BCUT2D eigenvalue weighted by Gasteiger charge is 2.29. The zero-order valence-corrected chi connectivity index (χ0v) is 19.5. The number of alkyl halides is 3. The van der Waals surface area contributed by atoms with Crippen LogP contribution in [0, 0.1) is 13.7 Å². The number of rotatable bonds is 9. The van der Waals surface area contributed by atoms with E-state index in [9.17, 15) is 23.3 Å². The summed E-state index contributed by atoms with van der Waals surface area (Å²) in [5, 5.41) is 14.2. The van der Waals surface area contributed by atoms with Crippen molar-refractivity contribution in [1.82, 2.24) is 4.98 Å². The number of hydrogen-bond acceptors (Lipinski definition) is 6. The van der Waals surface area contributed by atoms with Crippen LogP contribution in [0.4, 0.5) is 24.7 Å². The summed E-state index contributed by atoms with van der Waals surface area (Å²) in [7, 11) is 1.49. The van der Waals surface area contributed by atoms with Gasteiger partial charge in [0.25, 0.3) is 0 Å². The van der Waals surface area contributed by atoms with Gasteiger partial charge in [-0.2, -0.15) is 13.2 Å². The lowest BCUT2D eigenvalue weighted by molar-refractivity contribution is -0.384. The van der Waals surface area contributed by atoms with Crippen LogP contribution in [-0.2, 0) is 19.2 Å². The normalized spacial score (nSPS) is 11.2. The number of nitrogens with one attached hydrogen (secondary N) is 1. The topological polar surface area (TPSA) is 86.5 Å². The van der Waals surface area contributed by atoms with Gasteiger partial charge in [-0.05, 0) is 64.4 Å². The van der Waals surface area contributed by atoms with Gasteiger partial charge in [0.15, 0.2) is 11.5 Å². The van der Waals surface area contributed by atoms with Crippen LogP contribution in [0.15, 0.2) is 54.7 Å². The third-order valence-corrected chi connectivity index (χ3v) is 5.23. The minimum atomic E-state index is -4.38. The molecule has 1 N–H and O–H groups in total. The Morgan fingerprint density at radius 3 is 2.42 bits per heavy atom. The molecule has 1 aromatic heterocycles. The number of halogens is 4. The van der Waals surface area contributed by atoms with Gasteiger partial charge in [-0.15, -0.1) is 0 Å². The lowest BCUT2D eigenvalue weighted by Crippen LogP contribution is -2.09. The van der Waals surface area contributed by atoms with Crippen molar-refractivity contribution in [2.24, 2.45) is 0 Å². The summed E-state index contributed by atoms with van der Waals surface area (Å²) in [5.41, 5.74) is 0.679. The first-order valence-corrected chi connectivity index (χ1v) is 10.7. The van der Waals surface area contributed by atoms with Crippen LogP contribution in [0.5, 0.6) is 11.5 Å². The van der Waals surface area contributed by atoms with Crippen LogP contribution in [0.25, 0.3) is 0 Å². The van der Waals surface area contributed by atoms with Crippen LogP contribution in [0.3, 0.4) is 0 Å². The fourth-order valence-electron chi connectivity index (χ4n) is 2.97. The summed E-state index contributed by atoms with van der Waals surface area (Å²) in [6.07, 6.45) is -2.30. The molecule has 11 heteroatoms. The van der Waals surface area contributed by atoms with Gasteiger partial charge in [-0.1, -0.05) is 18.2 Å². The number of ether oxygens (including phenoxy) is 2. The van der Waals surface area contributed by atoms with Crippen LogP contribution in [0.1, 0.15) is 16.7 Å². The third kappa shape index (κ3) is 6.70. The van der Waals surface area contributed by atoms with Gasteiger partial charge in [-0.25, -0.2) is 4.98 Å². The Hall–Kier alpha value is -3.09. The molecule has 0 bridgehead atoms. The van der Waals surface area contributed by atoms with Gasteiger partial charge in [0.1, 0.15) is 6.61 Å². The van der Waals surface area contributed by atoms with E-state index in [4.69, 9.17) is 9.47 Å². The molecule has 0 aliphatic carbocycles. The molecule has 3 rings (SSSR count). The number of hydrogen-bond donors (Lipinski definition) is 1. The molecule has 2 aromatic carbocycles. The van der Waals surface area contributed by atoms with E-state index in [1.54, 1.807) is 18.3 Å². The van der Waals surface area contributed by atoms with E-state index >= 15 is 0 Å². The highest BCUT2D eigenvalue weighted by atomic mass is 127. The smallest absolute Gasteiger partial charge is 0.416 e. The average molecular weight is 573 g/mol. The molecule has 7 nitrogen and oxygen atoms in total. The van der Waals surface area contributed by atoms with Crippen molar-refractivity contribution in [3.8, 4) is 11.5 Å². The molecule has 174 valence electrons. The first-order valence-electron chi connectivity index (χ1n) is 9.67. The molecule has 0 spiro atoms. The lowest BCUT2D eigenvalue weighted by atomic mass is 10.1. The summed E-state index contributed by atoms with van der Waals surface area (Å²) >= 11 is 1.96. The first-order chi connectivity index (χ1) is 15.7. The van der Waals surface area contributed by atoms with E-state index in [2.05, 4.69) is 10.3 Å². The minimum Gasteiger partial charge on any atom is -0.493 e.